The first-order chi connectivity index (χ1) is 10.4. The highest BCUT2D eigenvalue weighted by atomic mass is 19.1. The Hall–Kier alpha value is -2.17. The summed E-state index contributed by atoms with van der Waals surface area (Å²) in [5.74, 6) is -0.577. The molecule has 118 valence electrons. The van der Waals surface area contributed by atoms with Gasteiger partial charge in [0.1, 0.15) is 5.69 Å². The lowest BCUT2D eigenvalue weighted by atomic mass is 10.0. The minimum atomic E-state index is -1.43. The van der Waals surface area contributed by atoms with Crippen molar-refractivity contribution in [1.29, 1.82) is 0 Å². The first-order valence-corrected chi connectivity index (χ1v) is 7.44. The SMILES string of the molecule is CNC(=O)c1[nH]c2ccc(C)cc2c1CCCC(=O)C(C)F. The average molecular weight is 304 g/mol. The Morgan fingerprint density at radius 2 is 2.09 bits per heavy atom. The molecule has 2 rings (SSSR count). The molecule has 1 heterocycles. The van der Waals surface area contributed by atoms with Crippen molar-refractivity contribution in [3.05, 3.63) is 35.0 Å². The number of benzene rings is 1. The lowest BCUT2D eigenvalue weighted by Crippen LogP contribution is -2.20. The number of hydrogen-bond acceptors (Lipinski definition) is 2. The number of ketones is 1. The molecule has 0 saturated carbocycles. The van der Waals surface area contributed by atoms with E-state index in [1.807, 2.05) is 25.1 Å². The zero-order valence-electron chi connectivity index (χ0n) is 13.1. The van der Waals surface area contributed by atoms with Gasteiger partial charge in [0.15, 0.2) is 12.0 Å². The van der Waals surface area contributed by atoms with Crippen LogP contribution in [0, 0.1) is 6.92 Å². The summed E-state index contributed by atoms with van der Waals surface area (Å²) in [5, 5.41) is 3.60. The van der Waals surface area contributed by atoms with Crippen molar-refractivity contribution in [1.82, 2.24) is 10.3 Å². The van der Waals surface area contributed by atoms with Crippen LogP contribution in [0.15, 0.2) is 18.2 Å². The Labute approximate surface area is 129 Å². The molecular formula is C17H21FN2O2. The smallest absolute Gasteiger partial charge is 0.267 e. The summed E-state index contributed by atoms with van der Waals surface area (Å²) in [6, 6.07) is 5.94. The van der Waals surface area contributed by atoms with E-state index in [4.69, 9.17) is 0 Å². The van der Waals surface area contributed by atoms with Gasteiger partial charge in [-0.25, -0.2) is 4.39 Å². The van der Waals surface area contributed by atoms with Crippen LogP contribution in [0.25, 0.3) is 10.9 Å². The van der Waals surface area contributed by atoms with Crippen LogP contribution in [0.1, 0.15) is 41.4 Å². The number of H-pyrrole nitrogens is 1. The third-order valence-corrected chi connectivity index (χ3v) is 3.81. The van der Waals surface area contributed by atoms with E-state index in [1.54, 1.807) is 7.05 Å². The number of amides is 1. The van der Waals surface area contributed by atoms with E-state index < -0.39 is 12.0 Å². The molecule has 0 fully saturated rings. The molecule has 4 nitrogen and oxygen atoms in total. The maximum Gasteiger partial charge on any atom is 0.267 e. The Morgan fingerprint density at radius 3 is 2.73 bits per heavy atom. The topological polar surface area (TPSA) is 62.0 Å². The summed E-state index contributed by atoms with van der Waals surface area (Å²) >= 11 is 0. The van der Waals surface area contributed by atoms with Crippen LogP contribution in [-0.2, 0) is 11.2 Å². The highest BCUT2D eigenvalue weighted by molar-refractivity contribution is 6.01. The van der Waals surface area contributed by atoms with E-state index in [-0.39, 0.29) is 12.3 Å². The van der Waals surface area contributed by atoms with Crippen molar-refractivity contribution in [2.45, 2.75) is 39.3 Å². The molecule has 1 amide bonds. The second-order valence-corrected chi connectivity index (χ2v) is 5.54. The summed E-state index contributed by atoms with van der Waals surface area (Å²) in [6.07, 6.45) is -0.157. The molecule has 1 aromatic heterocycles. The van der Waals surface area contributed by atoms with E-state index in [9.17, 15) is 14.0 Å². The summed E-state index contributed by atoms with van der Waals surface area (Å²) in [7, 11) is 1.58. The molecule has 5 heteroatoms. The first-order valence-electron chi connectivity index (χ1n) is 7.44. The van der Waals surface area contributed by atoms with Crippen LogP contribution < -0.4 is 5.32 Å². The van der Waals surface area contributed by atoms with Gasteiger partial charge in [0.05, 0.1) is 0 Å². The molecule has 2 aromatic rings. The van der Waals surface area contributed by atoms with Crippen LogP contribution in [0.3, 0.4) is 0 Å². The summed E-state index contributed by atoms with van der Waals surface area (Å²) < 4.78 is 12.9. The normalized spacial score (nSPS) is 12.4. The number of aryl methyl sites for hydroxylation is 2. The number of fused-ring (bicyclic) bond motifs is 1. The van der Waals surface area contributed by atoms with E-state index in [1.165, 1.54) is 6.92 Å². The van der Waals surface area contributed by atoms with Gasteiger partial charge in [-0.3, -0.25) is 9.59 Å². The van der Waals surface area contributed by atoms with Gasteiger partial charge in [-0.05, 0) is 44.4 Å². The standard InChI is InChI=1S/C17H21FN2O2/c1-10-7-8-14-13(9-10)12(16(20-14)17(22)19-3)5-4-6-15(21)11(2)18/h7-9,11,20H,4-6H2,1-3H3,(H,19,22). The number of aromatic amines is 1. The van der Waals surface area contributed by atoms with Gasteiger partial charge < -0.3 is 10.3 Å². The second kappa shape index (κ2) is 6.73. The number of alkyl halides is 1. The molecular weight excluding hydrogens is 283 g/mol. The molecule has 1 atom stereocenters. The van der Waals surface area contributed by atoms with Crippen molar-refractivity contribution in [2.75, 3.05) is 7.05 Å². The van der Waals surface area contributed by atoms with Crippen molar-refractivity contribution < 1.29 is 14.0 Å². The molecule has 2 N–H and O–H groups in total. The number of aromatic nitrogens is 1. The number of rotatable bonds is 6. The third kappa shape index (κ3) is 3.35. The van der Waals surface area contributed by atoms with Gasteiger partial charge in [0, 0.05) is 24.4 Å². The van der Waals surface area contributed by atoms with Crippen molar-refractivity contribution in [2.24, 2.45) is 0 Å². The molecule has 0 bridgehead atoms. The molecule has 0 radical (unpaired) electrons. The summed E-state index contributed by atoms with van der Waals surface area (Å²) in [6.45, 7) is 3.25. The van der Waals surface area contributed by atoms with Crippen LogP contribution in [0.4, 0.5) is 4.39 Å². The Morgan fingerprint density at radius 1 is 1.36 bits per heavy atom. The van der Waals surface area contributed by atoms with Crippen LogP contribution >= 0.6 is 0 Å². The van der Waals surface area contributed by atoms with Gasteiger partial charge in [-0.1, -0.05) is 11.6 Å². The van der Waals surface area contributed by atoms with Gasteiger partial charge in [0.25, 0.3) is 5.91 Å². The lowest BCUT2D eigenvalue weighted by molar-refractivity contribution is -0.123. The largest absolute Gasteiger partial charge is 0.354 e. The number of carbonyl (C=O) groups is 2. The number of hydrogen-bond donors (Lipinski definition) is 2. The fourth-order valence-electron chi connectivity index (χ4n) is 2.58. The molecule has 0 aliphatic carbocycles. The Balaban J connectivity index is 2.30. The molecule has 0 spiro atoms. The highest BCUT2D eigenvalue weighted by Gasteiger charge is 2.18. The monoisotopic (exact) mass is 304 g/mol. The molecule has 0 aliphatic rings. The Kier molecular flexibility index (Phi) is 4.96. The quantitative estimate of drug-likeness (QED) is 0.861. The summed E-state index contributed by atoms with van der Waals surface area (Å²) in [5.41, 5.74) is 3.40. The number of carbonyl (C=O) groups excluding carboxylic acids is 2. The molecule has 1 aromatic carbocycles. The van der Waals surface area contributed by atoms with E-state index in [0.29, 0.717) is 18.5 Å². The van der Waals surface area contributed by atoms with Gasteiger partial charge in [-0.2, -0.15) is 0 Å². The van der Waals surface area contributed by atoms with Crippen molar-refractivity contribution in [3.8, 4) is 0 Å². The van der Waals surface area contributed by atoms with E-state index >= 15 is 0 Å². The fraction of sp³-hybridized carbons (Fsp3) is 0.412. The third-order valence-electron chi connectivity index (χ3n) is 3.81. The number of Topliss-reactive ketones (excluding diaryl/α,β-unsaturated/α-hetero) is 1. The zero-order chi connectivity index (χ0) is 16.3. The predicted octanol–water partition coefficient (Wildman–Crippen LogP) is 3.09. The zero-order valence-corrected chi connectivity index (χ0v) is 13.1. The maximum absolute atomic E-state index is 12.9. The van der Waals surface area contributed by atoms with Crippen molar-refractivity contribution in [3.63, 3.8) is 0 Å². The minimum Gasteiger partial charge on any atom is -0.354 e. The van der Waals surface area contributed by atoms with Gasteiger partial charge in [-0.15, -0.1) is 0 Å². The van der Waals surface area contributed by atoms with Crippen molar-refractivity contribution >= 4 is 22.6 Å². The second-order valence-electron chi connectivity index (χ2n) is 5.54. The maximum atomic E-state index is 12.9. The molecule has 0 saturated heterocycles. The lowest BCUT2D eigenvalue weighted by Gasteiger charge is -2.05. The number of nitrogens with one attached hydrogen (secondary N) is 2. The molecule has 1 unspecified atom stereocenters. The van der Waals surface area contributed by atoms with Gasteiger partial charge in [0.2, 0.25) is 0 Å². The van der Waals surface area contributed by atoms with Crippen LogP contribution in [-0.4, -0.2) is 29.9 Å². The van der Waals surface area contributed by atoms with Gasteiger partial charge >= 0.3 is 0 Å². The molecule has 22 heavy (non-hydrogen) atoms. The van der Waals surface area contributed by atoms with E-state index in [0.717, 1.165) is 22.0 Å². The Bertz CT molecular complexity index is 704. The highest BCUT2D eigenvalue weighted by Crippen LogP contribution is 2.25. The first kappa shape index (κ1) is 16.2. The van der Waals surface area contributed by atoms with Crippen LogP contribution in [0.5, 0.6) is 0 Å². The predicted molar refractivity (Wildman–Crippen MR) is 84.9 cm³/mol. The fourth-order valence-corrected chi connectivity index (χ4v) is 2.58. The number of halogens is 1. The molecule has 0 aliphatic heterocycles. The van der Waals surface area contributed by atoms with Crippen LogP contribution in [0.2, 0.25) is 0 Å². The van der Waals surface area contributed by atoms with E-state index in [2.05, 4.69) is 10.3 Å². The average Bonchev–Trinajstić information content (AvgIpc) is 2.84. The summed E-state index contributed by atoms with van der Waals surface area (Å²) in [4.78, 5) is 26.6. The minimum absolute atomic E-state index is 0.184.